The molecule has 1 saturated heterocycles. The molecule has 0 saturated carbocycles. The molecule has 0 aliphatic carbocycles. The van der Waals surface area contributed by atoms with Crippen molar-refractivity contribution in [3.05, 3.63) is 52.5 Å². The lowest BCUT2D eigenvalue weighted by Crippen LogP contribution is -2.39. The van der Waals surface area contributed by atoms with Gasteiger partial charge in [-0.15, -0.1) is 0 Å². The number of ether oxygens (including phenoxy) is 2. The lowest BCUT2D eigenvalue weighted by atomic mass is 10.2. The minimum Gasteiger partial charge on any atom is -0.491 e. The Morgan fingerprint density at radius 1 is 1.21 bits per heavy atom. The Bertz CT molecular complexity index is 1090. The van der Waals surface area contributed by atoms with Crippen molar-refractivity contribution in [1.82, 2.24) is 9.88 Å². The molecule has 0 N–H and O–H groups in total. The van der Waals surface area contributed by atoms with Crippen molar-refractivity contribution in [1.29, 1.82) is 0 Å². The monoisotopic (exact) mass is 487 g/mol. The summed E-state index contributed by atoms with van der Waals surface area (Å²) in [7, 11) is 0. The van der Waals surface area contributed by atoms with Crippen LogP contribution in [0.4, 0.5) is 5.13 Å². The minimum absolute atomic E-state index is 0.0594. The Morgan fingerprint density at radius 3 is 2.64 bits per heavy atom. The molecule has 1 aromatic heterocycles. The largest absolute Gasteiger partial charge is 0.491 e. The topological polar surface area (TPSA) is 54.9 Å². The first-order chi connectivity index (χ1) is 15.9. The number of hydrogen-bond acceptors (Lipinski definition) is 6. The van der Waals surface area contributed by atoms with Crippen molar-refractivity contribution in [2.45, 2.75) is 33.3 Å². The number of amides is 1. The van der Waals surface area contributed by atoms with Crippen molar-refractivity contribution in [2.24, 2.45) is 0 Å². The van der Waals surface area contributed by atoms with E-state index in [4.69, 9.17) is 26.1 Å². The first-order valence-electron chi connectivity index (χ1n) is 11.4. The lowest BCUT2D eigenvalue weighted by molar-refractivity contribution is 0.0376. The fraction of sp³-hybridized carbons (Fsp3) is 0.440. The summed E-state index contributed by atoms with van der Waals surface area (Å²) in [6, 6.07) is 11.2. The van der Waals surface area contributed by atoms with Gasteiger partial charge in [0.2, 0.25) is 0 Å². The predicted octanol–water partition coefficient (Wildman–Crippen LogP) is 5.41. The average molecular weight is 488 g/mol. The fourth-order valence-electron chi connectivity index (χ4n) is 3.87. The van der Waals surface area contributed by atoms with Crippen LogP contribution in [-0.2, 0) is 4.74 Å². The molecular weight excluding hydrogens is 458 g/mol. The Morgan fingerprint density at radius 2 is 1.94 bits per heavy atom. The van der Waals surface area contributed by atoms with Gasteiger partial charge in [0.1, 0.15) is 5.75 Å². The van der Waals surface area contributed by atoms with Gasteiger partial charge < -0.3 is 9.47 Å². The first kappa shape index (κ1) is 24.0. The second-order valence-electron chi connectivity index (χ2n) is 8.47. The molecule has 0 radical (unpaired) electrons. The van der Waals surface area contributed by atoms with Crippen molar-refractivity contribution in [2.75, 3.05) is 44.3 Å². The van der Waals surface area contributed by atoms with Crippen LogP contribution in [0, 0.1) is 6.92 Å². The van der Waals surface area contributed by atoms with Crippen LogP contribution in [-0.4, -0.2) is 61.3 Å². The number of anilines is 1. The number of fused-ring (bicyclic) bond motifs is 1. The number of rotatable bonds is 8. The number of nitrogens with zero attached hydrogens (tertiary/aromatic N) is 3. The van der Waals surface area contributed by atoms with E-state index < -0.39 is 0 Å². The van der Waals surface area contributed by atoms with Gasteiger partial charge in [-0.05, 0) is 69.2 Å². The minimum atomic E-state index is -0.0594. The standard InChI is InChI=1S/C25H30ClN3O3S/c1-17(2)32-20-7-5-19(6-8-20)24(30)29(12-4-11-28-13-15-31-16-14-28)25-27-23-18(3)21(26)9-10-22(23)33-25/h5-10,17H,4,11-16H2,1-3H3. The van der Waals surface area contributed by atoms with Gasteiger partial charge in [-0.2, -0.15) is 0 Å². The molecule has 33 heavy (non-hydrogen) atoms. The van der Waals surface area contributed by atoms with Gasteiger partial charge in [-0.3, -0.25) is 14.6 Å². The zero-order chi connectivity index (χ0) is 23.4. The van der Waals surface area contributed by atoms with Crippen LogP contribution >= 0.6 is 22.9 Å². The zero-order valence-corrected chi connectivity index (χ0v) is 20.9. The maximum Gasteiger partial charge on any atom is 0.260 e. The molecular formula is C25H30ClN3O3S. The SMILES string of the molecule is Cc1c(Cl)ccc2sc(N(CCCN3CCOCC3)C(=O)c3ccc(OC(C)C)cc3)nc12. The zero-order valence-electron chi connectivity index (χ0n) is 19.3. The summed E-state index contributed by atoms with van der Waals surface area (Å²) in [5, 5.41) is 1.38. The van der Waals surface area contributed by atoms with Crippen molar-refractivity contribution in [3.63, 3.8) is 0 Å². The van der Waals surface area contributed by atoms with Crippen LogP contribution in [0.15, 0.2) is 36.4 Å². The smallest absolute Gasteiger partial charge is 0.260 e. The number of hydrogen-bond donors (Lipinski definition) is 0. The van der Waals surface area contributed by atoms with Crippen LogP contribution in [0.2, 0.25) is 5.02 Å². The molecule has 1 aliphatic heterocycles. The average Bonchev–Trinajstić information content (AvgIpc) is 3.24. The van der Waals surface area contributed by atoms with E-state index in [1.807, 2.05) is 57.2 Å². The summed E-state index contributed by atoms with van der Waals surface area (Å²) in [5.74, 6) is 0.696. The second-order valence-corrected chi connectivity index (χ2v) is 9.89. The highest BCUT2D eigenvalue weighted by Gasteiger charge is 2.23. The number of benzene rings is 2. The number of morpholine rings is 1. The Balaban J connectivity index is 1.57. The van der Waals surface area contributed by atoms with Gasteiger partial charge in [0.05, 0.1) is 29.5 Å². The van der Waals surface area contributed by atoms with Gasteiger partial charge in [-0.1, -0.05) is 22.9 Å². The summed E-state index contributed by atoms with van der Waals surface area (Å²) in [4.78, 5) is 22.6. The van der Waals surface area contributed by atoms with E-state index in [1.165, 1.54) is 11.3 Å². The quantitative estimate of drug-likeness (QED) is 0.425. The summed E-state index contributed by atoms with van der Waals surface area (Å²) in [6.07, 6.45) is 0.941. The van der Waals surface area contributed by atoms with E-state index in [0.717, 1.165) is 60.8 Å². The molecule has 4 rings (SSSR count). The van der Waals surface area contributed by atoms with Gasteiger partial charge in [0.15, 0.2) is 5.13 Å². The summed E-state index contributed by atoms with van der Waals surface area (Å²) in [6.45, 7) is 10.8. The number of carbonyl (C=O) groups excluding carboxylic acids is 1. The second kappa shape index (κ2) is 10.8. The predicted molar refractivity (Wildman–Crippen MR) is 135 cm³/mol. The number of carbonyl (C=O) groups is 1. The molecule has 2 aromatic carbocycles. The molecule has 1 aliphatic rings. The van der Waals surface area contributed by atoms with Crippen LogP contribution in [0.3, 0.4) is 0 Å². The van der Waals surface area contributed by atoms with E-state index in [0.29, 0.717) is 22.3 Å². The molecule has 0 spiro atoms. The van der Waals surface area contributed by atoms with E-state index >= 15 is 0 Å². The van der Waals surface area contributed by atoms with E-state index in [9.17, 15) is 4.79 Å². The maximum absolute atomic E-state index is 13.6. The summed E-state index contributed by atoms with van der Waals surface area (Å²) < 4.78 is 12.2. The lowest BCUT2D eigenvalue weighted by Gasteiger charge is -2.27. The Hall–Kier alpha value is -2.19. The molecule has 8 heteroatoms. The highest BCUT2D eigenvalue weighted by molar-refractivity contribution is 7.22. The van der Waals surface area contributed by atoms with Crippen LogP contribution in [0.1, 0.15) is 36.2 Å². The van der Waals surface area contributed by atoms with Gasteiger partial charge in [-0.25, -0.2) is 4.98 Å². The Kier molecular flexibility index (Phi) is 7.86. The number of thiazole rings is 1. The fourth-order valence-corrected chi connectivity index (χ4v) is 5.07. The van der Waals surface area contributed by atoms with Gasteiger partial charge >= 0.3 is 0 Å². The van der Waals surface area contributed by atoms with E-state index in [2.05, 4.69) is 4.90 Å². The maximum atomic E-state index is 13.6. The van der Waals surface area contributed by atoms with Crippen LogP contribution < -0.4 is 9.64 Å². The first-order valence-corrected chi connectivity index (χ1v) is 12.6. The van der Waals surface area contributed by atoms with Crippen molar-refractivity contribution in [3.8, 4) is 5.75 Å². The van der Waals surface area contributed by atoms with E-state index in [1.54, 1.807) is 4.90 Å². The van der Waals surface area contributed by atoms with Crippen LogP contribution in [0.5, 0.6) is 5.75 Å². The number of aryl methyl sites for hydroxylation is 1. The Labute approximate surface area is 204 Å². The molecule has 176 valence electrons. The van der Waals surface area contributed by atoms with Gasteiger partial charge in [0, 0.05) is 36.8 Å². The third-order valence-corrected chi connectivity index (χ3v) is 7.10. The third kappa shape index (κ3) is 5.84. The molecule has 1 fully saturated rings. The molecule has 0 bridgehead atoms. The molecule has 3 aromatic rings. The molecule has 0 atom stereocenters. The molecule has 0 unspecified atom stereocenters. The summed E-state index contributed by atoms with van der Waals surface area (Å²) >= 11 is 7.84. The van der Waals surface area contributed by atoms with Crippen molar-refractivity contribution < 1.29 is 14.3 Å². The normalized spacial score (nSPS) is 14.7. The third-order valence-electron chi connectivity index (χ3n) is 5.65. The number of halogens is 1. The molecule has 1 amide bonds. The van der Waals surface area contributed by atoms with E-state index in [-0.39, 0.29) is 12.0 Å². The number of aromatic nitrogens is 1. The highest BCUT2D eigenvalue weighted by atomic mass is 35.5. The molecule has 2 heterocycles. The molecule has 6 nitrogen and oxygen atoms in total. The van der Waals surface area contributed by atoms with Gasteiger partial charge in [0.25, 0.3) is 5.91 Å². The summed E-state index contributed by atoms with van der Waals surface area (Å²) in [5.41, 5.74) is 2.41. The van der Waals surface area contributed by atoms with Crippen molar-refractivity contribution >= 4 is 44.2 Å². The van der Waals surface area contributed by atoms with Crippen LogP contribution in [0.25, 0.3) is 10.2 Å². The highest BCUT2D eigenvalue weighted by Crippen LogP contribution is 2.34.